The van der Waals surface area contributed by atoms with Gasteiger partial charge in [0.05, 0.1) is 0 Å². The van der Waals surface area contributed by atoms with Crippen molar-refractivity contribution >= 4 is 5.97 Å². The largest absolute Gasteiger partial charge is 0.480 e. The van der Waals surface area contributed by atoms with Crippen LogP contribution < -0.4 is 0 Å². The molecule has 2 rings (SSSR count). The Morgan fingerprint density at radius 2 is 2.21 bits per heavy atom. The molecule has 1 aromatic heterocycles. The molecule has 0 aliphatic heterocycles. The smallest absolute Gasteiger partial charge is 0.328 e. The highest BCUT2D eigenvalue weighted by Crippen LogP contribution is 2.15. The molecule has 1 atom stereocenters. The Morgan fingerprint density at radius 1 is 1.47 bits per heavy atom. The molecule has 1 aromatic carbocycles. The van der Waals surface area contributed by atoms with Crippen LogP contribution in [0.1, 0.15) is 24.4 Å². The van der Waals surface area contributed by atoms with Crippen LogP contribution in [0, 0.1) is 11.6 Å². The lowest BCUT2D eigenvalue weighted by atomic mass is 10.1. The number of rotatable bonds is 4. The molecule has 0 bridgehead atoms. The average molecular weight is 268 g/mol. The minimum Gasteiger partial charge on any atom is -0.480 e. The SMILES string of the molecule is CC(C(=O)O)n1nnnc1Cc1ccc(F)cc1F. The molecule has 1 unspecified atom stereocenters. The van der Waals surface area contributed by atoms with Gasteiger partial charge in [0.15, 0.2) is 5.82 Å². The summed E-state index contributed by atoms with van der Waals surface area (Å²) >= 11 is 0. The molecule has 0 radical (unpaired) electrons. The molecule has 0 fully saturated rings. The summed E-state index contributed by atoms with van der Waals surface area (Å²) < 4.78 is 27.4. The fraction of sp³-hybridized carbons (Fsp3) is 0.273. The molecule has 0 amide bonds. The summed E-state index contributed by atoms with van der Waals surface area (Å²) in [4.78, 5) is 10.9. The van der Waals surface area contributed by atoms with E-state index in [1.54, 1.807) is 0 Å². The van der Waals surface area contributed by atoms with Gasteiger partial charge in [0, 0.05) is 12.5 Å². The van der Waals surface area contributed by atoms with Gasteiger partial charge < -0.3 is 5.11 Å². The van der Waals surface area contributed by atoms with E-state index < -0.39 is 23.6 Å². The number of tetrazole rings is 1. The highest BCUT2D eigenvalue weighted by molar-refractivity contribution is 5.71. The van der Waals surface area contributed by atoms with E-state index in [4.69, 9.17) is 5.11 Å². The zero-order chi connectivity index (χ0) is 14.0. The molecule has 1 N–H and O–H groups in total. The molecular formula is C11H10F2N4O2. The van der Waals surface area contributed by atoms with Crippen LogP contribution in [0.15, 0.2) is 18.2 Å². The fourth-order valence-corrected chi connectivity index (χ4v) is 1.57. The number of hydrogen-bond acceptors (Lipinski definition) is 4. The average Bonchev–Trinajstić information content (AvgIpc) is 2.79. The van der Waals surface area contributed by atoms with Crippen molar-refractivity contribution in [3.8, 4) is 0 Å². The Morgan fingerprint density at radius 3 is 2.84 bits per heavy atom. The monoisotopic (exact) mass is 268 g/mol. The van der Waals surface area contributed by atoms with Crippen molar-refractivity contribution in [2.24, 2.45) is 0 Å². The third-order valence-corrected chi connectivity index (χ3v) is 2.65. The van der Waals surface area contributed by atoms with E-state index in [-0.39, 0.29) is 17.8 Å². The van der Waals surface area contributed by atoms with Gasteiger partial charge >= 0.3 is 5.97 Å². The molecule has 2 aromatic rings. The quantitative estimate of drug-likeness (QED) is 0.900. The zero-order valence-corrected chi connectivity index (χ0v) is 9.92. The summed E-state index contributed by atoms with van der Waals surface area (Å²) in [6, 6.07) is 2.18. The number of aliphatic carboxylic acids is 1. The Kier molecular flexibility index (Phi) is 3.50. The number of nitrogens with zero attached hydrogens (tertiary/aromatic N) is 4. The van der Waals surface area contributed by atoms with Gasteiger partial charge in [0.2, 0.25) is 0 Å². The second-order valence-electron chi connectivity index (χ2n) is 3.97. The van der Waals surface area contributed by atoms with E-state index in [0.717, 1.165) is 16.8 Å². The third kappa shape index (κ3) is 2.72. The predicted octanol–water partition coefficient (Wildman–Crippen LogP) is 1.19. The first-order valence-electron chi connectivity index (χ1n) is 5.42. The van der Waals surface area contributed by atoms with Crippen LogP contribution in [0.25, 0.3) is 0 Å². The summed E-state index contributed by atoms with van der Waals surface area (Å²) in [5.41, 5.74) is 0.190. The Hall–Kier alpha value is -2.38. The Bertz CT molecular complexity index is 614. The van der Waals surface area contributed by atoms with Crippen LogP contribution in [-0.4, -0.2) is 31.3 Å². The minimum absolute atomic E-state index is 0.0171. The van der Waals surface area contributed by atoms with Crippen molar-refractivity contribution in [1.82, 2.24) is 20.2 Å². The second-order valence-corrected chi connectivity index (χ2v) is 3.97. The van der Waals surface area contributed by atoms with Crippen LogP contribution in [0.2, 0.25) is 0 Å². The summed E-state index contributed by atoms with van der Waals surface area (Å²) in [7, 11) is 0. The van der Waals surface area contributed by atoms with Gasteiger partial charge in [-0.25, -0.2) is 18.3 Å². The Balaban J connectivity index is 2.29. The van der Waals surface area contributed by atoms with E-state index in [0.29, 0.717) is 0 Å². The van der Waals surface area contributed by atoms with E-state index in [1.165, 1.54) is 13.0 Å². The molecule has 0 spiro atoms. The van der Waals surface area contributed by atoms with Gasteiger partial charge in [0.25, 0.3) is 0 Å². The molecule has 8 heteroatoms. The predicted molar refractivity (Wildman–Crippen MR) is 59.3 cm³/mol. The second kappa shape index (κ2) is 5.09. The van der Waals surface area contributed by atoms with E-state index >= 15 is 0 Å². The normalized spacial score (nSPS) is 12.4. The van der Waals surface area contributed by atoms with Gasteiger partial charge in [-0.05, 0) is 29.0 Å². The number of carboxylic acids is 1. The number of carboxylic acid groups (broad SMARTS) is 1. The van der Waals surface area contributed by atoms with Crippen molar-refractivity contribution in [3.05, 3.63) is 41.2 Å². The molecule has 19 heavy (non-hydrogen) atoms. The van der Waals surface area contributed by atoms with Crippen LogP contribution in [0.3, 0.4) is 0 Å². The van der Waals surface area contributed by atoms with Gasteiger partial charge in [-0.3, -0.25) is 0 Å². The molecule has 1 heterocycles. The van der Waals surface area contributed by atoms with Gasteiger partial charge in [-0.15, -0.1) is 5.10 Å². The first-order chi connectivity index (χ1) is 8.99. The molecule has 0 saturated carbocycles. The summed E-state index contributed by atoms with van der Waals surface area (Å²) in [5.74, 6) is -2.31. The molecule has 0 saturated heterocycles. The summed E-state index contributed by atoms with van der Waals surface area (Å²) in [6.07, 6.45) is -0.0171. The molecule has 0 aliphatic carbocycles. The maximum absolute atomic E-state index is 13.5. The van der Waals surface area contributed by atoms with Crippen molar-refractivity contribution in [2.45, 2.75) is 19.4 Å². The van der Waals surface area contributed by atoms with E-state index in [1.807, 2.05) is 0 Å². The van der Waals surface area contributed by atoms with Crippen molar-refractivity contribution in [3.63, 3.8) is 0 Å². The molecular weight excluding hydrogens is 258 g/mol. The lowest BCUT2D eigenvalue weighted by Crippen LogP contribution is -2.19. The maximum Gasteiger partial charge on any atom is 0.328 e. The van der Waals surface area contributed by atoms with Crippen LogP contribution in [0.5, 0.6) is 0 Å². The van der Waals surface area contributed by atoms with Crippen molar-refractivity contribution in [1.29, 1.82) is 0 Å². The van der Waals surface area contributed by atoms with E-state index in [9.17, 15) is 13.6 Å². The third-order valence-electron chi connectivity index (χ3n) is 2.65. The van der Waals surface area contributed by atoms with Gasteiger partial charge in [0.1, 0.15) is 17.7 Å². The Labute approximate surface area is 106 Å². The molecule has 6 nitrogen and oxygen atoms in total. The van der Waals surface area contributed by atoms with Crippen molar-refractivity contribution in [2.75, 3.05) is 0 Å². The van der Waals surface area contributed by atoms with Crippen molar-refractivity contribution < 1.29 is 18.7 Å². The standard InChI is InChI=1S/C11H10F2N4O2/c1-6(11(18)19)17-10(14-15-16-17)4-7-2-3-8(12)5-9(7)13/h2-3,5-6H,4H2,1H3,(H,18,19). The lowest BCUT2D eigenvalue weighted by molar-refractivity contribution is -0.140. The highest BCUT2D eigenvalue weighted by atomic mass is 19.1. The van der Waals surface area contributed by atoms with Crippen LogP contribution in [-0.2, 0) is 11.2 Å². The van der Waals surface area contributed by atoms with Crippen LogP contribution >= 0.6 is 0 Å². The number of hydrogen-bond donors (Lipinski definition) is 1. The lowest BCUT2D eigenvalue weighted by Gasteiger charge is -2.09. The minimum atomic E-state index is -1.10. The number of halogens is 2. The van der Waals surface area contributed by atoms with Gasteiger partial charge in [-0.2, -0.15) is 0 Å². The maximum atomic E-state index is 13.5. The molecule has 100 valence electrons. The number of carbonyl (C=O) groups is 1. The first-order valence-corrected chi connectivity index (χ1v) is 5.42. The van der Waals surface area contributed by atoms with Gasteiger partial charge in [-0.1, -0.05) is 6.07 Å². The van der Waals surface area contributed by atoms with Crippen LogP contribution in [0.4, 0.5) is 8.78 Å². The summed E-state index contributed by atoms with van der Waals surface area (Å²) in [6.45, 7) is 1.41. The number of benzene rings is 1. The molecule has 0 aliphatic rings. The topological polar surface area (TPSA) is 80.9 Å². The van der Waals surface area contributed by atoms with E-state index in [2.05, 4.69) is 15.5 Å². The highest BCUT2D eigenvalue weighted by Gasteiger charge is 2.20. The zero-order valence-electron chi connectivity index (χ0n) is 9.92. The number of aromatic nitrogens is 4. The summed E-state index contributed by atoms with van der Waals surface area (Å²) in [5, 5.41) is 19.5. The fourth-order valence-electron chi connectivity index (χ4n) is 1.57. The first kappa shape index (κ1) is 13.1.